The van der Waals surface area contributed by atoms with Gasteiger partial charge in [0.25, 0.3) is 0 Å². The van der Waals surface area contributed by atoms with Crippen LogP contribution in [0.4, 0.5) is 0 Å². The first-order chi connectivity index (χ1) is 8.38. The lowest BCUT2D eigenvalue weighted by Crippen LogP contribution is -2.21. The third-order valence-corrected chi connectivity index (χ3v) is 3.26. The average molecular weight is 225 g/mol. The highest BCUT2D eigenvalue weighted by atomic mass is 14.9. The molecular weight excluding hydrogens is 210 g/mol. The van der Waals surface area contributed by atoms with Gasteiger partial charge in [0.05, 0.1) is 5.69 Å². The Balaban J connectivity index is 1.89. The second-order valence-electron chi connectivity index (χ2n) is 4.39. The second kappa shape index (κ2) is 4.26. The standard InChI is InChI=1S/C14H15N3/c1-15-9-11-6-7-16-14(17-11)13-8-10-4-2-3-5-12(10)13/h2-7,13,15H,8-9H2,1H3. The van der Waals surface area contributed by atoms with Crippen LogP contribution >= 0.6 is 0 Å². The Kier molecular flexibility index (Phi) is 2.61. The molecular formula is C14H15N3. The van der Waals surface area contributed by atoms with Crippen LogP contribution < -0.4 is 5.32 Å². The van der Waals surface area contributed by atoms with E-state index < -0.39 is 0 Å². The Hall–Kier alpha value is -1.74. The number of fused-ring (bicyclic) bond motifs is 1. The van der Waals surface area contributed by atoms with Crippen molar-refractivity contribution < 1.29 is 0 Å². The maximum Gasteiger partial charge on any atom is 0.136 e. The fourth-order valence-electron chi connectivity index (χ4n) is 2.35. The molecule has 3 rings (SSSR count). The fourth-order valence-corrected chi connectivity index (χ4v) is 2.35. The Morgan fingerprint density at radius 1 is 1.29 bits per heavy atom. The molecule has 2 aromatic rings. The summed E-state index contributed by atoms with van der Waals surface area (Å²) in [5.41, 5.74) is 3.87. The normalized spacial score (nSPS) is 17.4. The Morgan fingerprint density at radius 3 is 3.00 bits per heavy atom. The minimum atomic E-state index is 0.392. The van der Waals surface area contributed by atoms with Gasteiger partial charge >= 0.3 is 0 Å². The van der Waals surface area contributed by atoms with Crippen LogP contribution in [0.2, 0.25) is 0 Å². The van der Waals surface area contributed by atoms with E-state index in [9.17, 15) is 0 Å². The molecule has 0 amide bonds. The van der Waals surface area contributed by atoms with Gasteiger partial charge in [-0.1, -0.05) is 24.3 Å². The van der Waals surface area contributed by atoms with Gasteiger partial charge < -0.3 is 5.32 Å². The molecule has 1 N–H and O–H groups in total. The van der Waals surface area contributed by atoms with Gasteiger partial charge in [0, 0.05) is 18.7 Å². The smallest absolute Gasteiger partial charge is 0.136 e. The average Bonchev–Trinajstić information content (AvgIpc) is 2.32. The fraction of sp³-hybridized carbons (Fsp3) is 0.286. The van der Waals surface area contributed by atoms with Crippen LogP contribution in [0.1, 0.15) is 28.6 Å². The minimum Gasteiger partial charge on any atom is -0.314 e. The molecule has 1 aromatic carbocycles. The van der Waals surface area contributed by atoms with Gasteiger partial charge in [-0.25, -0.2) is 9.97 Å². The molecule has 0 radical (unpaired) electrons. The van der Waals surface area contributed by atoms with Crippen molar-refractivity contribution in [3.05, 3.63) is 59.2 Å². The molecule has 0 saturated carbocycles. The van der Waals surface area contributed by atoms with Gasteiger partial charge in [-0.3, -0.25) is 0 Å². The van der Waals surface area contributed by atoms with Crippen LogP contribution in [0.3, 0.4) is 0 Å². The highest BCUT2D eigenvalue weighted by molar-refractivity contribution is 5.43. The number of hydrogen-bond donors (Lipinski definition) is 1. The van der Waals surface area contributed by atoms with E-state index in [1.807, 2.05) is 19.3 Å². The molecule has 0 spiro atoms. The van der Waals surface area contributed by atoms with E-state index >= 15 is 0 Å². The van der Waals surface area contributed by atoms with Crippen LogP contribution in [0.5, 0.6) is 0 Å². The quantitative estimate of drug-likeness (QED) is 0.866. The molecule has 1 atom stereocenters. The molecule has 3 heteroatoms. The number of aromatic nitrogens is 2. The van der Waals surface area contributed by atoms with Crippen LogP contribution in [0.15, 0.2) is 36.5 Å². The summed E-state index contributed by atoms with van der Waals surface area (Å²) in [5, 5.41) is 3.12. The molecule has 1 heterocycles. The van der Waals surface area contributed by atoms with Crippen LogP contribution in [0, 0.1) is 0 Å². The van der Waals surface area contributed by atoms with Crippen molar-refractivity contribution in [2.75, 3.05) is 7.05 Å². The van der Waals surface area contributed by atoms with Crippen molar-refractivity contribution >= 4 is 0 Å². The molecule has 1 aliphatic rings. The van der Waals surface area contributed by atoms with E-state index in [1.165, 1.54) is 11.1 Å². The van der Waals surface area contributed by atoms with Gasteiger partial charge in [0.15, 0.2) is 0 Å². The van der Waals surface area contributed by atoms with E-state index in [4.69, 9.17) is 0 Å². The van der Waals surface area contributed by atoms with Crippen LogP contribution in [0.25, 0.3) is 0 Å². The zero-order valence-corrected chi connectivity index (χ0v) is 9.85. The lowest BCUT2D eigenvalue weighted by atomic mass is 9.77. The number of nitrogens with one attached hydrogen (secondary N) is 1. The maximum atomic E-state index is 4.61. The molecule has 0 bridgehead atoms. The largest absolute Gasteiger partial charge is 0.314 e. The van der Waals surface area contributed by atoms with E-state index in [1.54, 1.807) is 0 Å². The van der Waals surface area contributed by atoms with Crippen molar-refractivity contribution in [2.24, 2.45) is 0 Å². The van der Waals surface area contributed by atoms with Crippen molar-refractivity contribution in [2.45, 2.75) is 18.9 Å². The molecule has 1 aromatic heterocycles. The zero-order valence-electron chi connectivity index (χ0n) is 9.85. The van der Waals surface area contributed by atoms with Crippen molar-refractivity contribution in [3.8, 4) is 0 Å². The molecule has 3 nitrogen and oxygen atoms in total. The maximum absolute atomic E-state index is 4.61. The summed E-state index contributed by atoms with van der Waals surface area (Å²) in [4.78, 5) is 9.01. The van der Waals surface area contributed by atoms with Crippen LogP contribution in [-0.2, 0) is 13.0 Å². The monoisotopic (exact) mass is 225 g/mol. The van der Waals surface area contributed by atoms with Gasteiger partial charge in [0.2, 0.25) is 0 Å². The Bertz CT molecular complexity index is 536. The topological polar surface area (TPSA) is 37.8 Å². The van der Waals surface area contributed by atoms with Gasteiger partial charge in [-0.2, -0.15) is 0 Å². The molecule has 17 heavy (non-hydrogen) atoms. The molecule has 86 valence electrons. The predicted molar refractivity (Wildman–Crippen MR) is 66.8 cm³/mol. The molecule has 0 saturated heterocycles. The van der Waals surface area contributed by atoms with E-state index in [-0.39, 0.29) is 0 Å². The summed E-state index contributed by atoms with van der Waals surface area (Å²) in [5.74, 6) is 1.35. The van der Waals surface area contributed by atoms with Gasteiger partial charge in [-0.15, -0.1) is 0 Å². The number of hydrogen-bond acceptors (Lipinski definition) is 3. The first-order valence-electron chi connectivity index (χ1n) is 5.92. The van der Waals surface area contributed by atoms with E-state index in [2.05, 4.69) is 39.6 Å². The van der Waals surface area contributed by atoms with Crippen molar-refractivity contribution in [1.82, 2.24) is 15.3 Å². The molecule has 0 fully saturated rings. The van der Waals surface area contributed by atoms with Crippen LogP contribution in [-0.4, -0.2) is 17.0 Å². The summed E-state index contributed by atoms with van der Waals surface area (Å²) >= 11 is 0. The predicted octanol–water partition coefficient (Wildman–Crippen LogP) is 1.88. The van der Waals surface area contributed by atoms with Crippen molar-refractivity contribution in [3.63, 3.8) is 0 Å². The first kappa shape index (κ1) is 10.4. The Labute approximate surface area is 101 Å². The van der Waals surface area contributed by atoms with E-state index in [0.29, 0.717) is 5.92 Å². The van der Waals surface area contributed by atoms with Crippen molar-refractivity contribution in [1.29, 1.82) is 0 Å². The molecule has 0 aliphatic heterocycles. The Morgan fingerprint density at radius 2 is 2.18 bits per heavy atom. The van der Waals surface area contributed by atoms with Gasteiger partial charge in [-0.05, 0) is 30.7 Å². The first-order valence-corrected chi connectivity index (χ1v) is 5.92. The third-order valence-electron chi connectivity index (χ3n) is 3.26. The number of benzene rings is 1. The summed E-state index contributed by atoms with van der Waals surface area (Å²) in [6.07, 6.45) is 2.93. The number of nitrogens with zero attached hydrogens (tertiary/aromatic N) is 2. The van der Waals surface area contributed by atoms with Gasteiger partial charge in [0.1, 0.15) is 5.82 Å². The minimum absolute atomic E-state index is 0.392. The number of rotatable bonds is 3. The molecule has 1 unspecified atom stereocenters. The molecule has 1 aliphatic carbocycles. The second-order valence-corrected chi connectivity index (χ2v) is 4.39. The van der Waals surface area contributed by atoms with E-state index in [0.717, 1.165) is 24.5 Å². The lowest BCUT2D eigenvalue weighted by molar-refractivity contribution is 0.647. The third kappa shape index (κ3) is 1.83. The summed E-state index contributed by atoms with van der Waals surface area (Å²) in [6.45, 7) is 0.796. The zero-order chi connectivity index (χ0) is 11.7. The highest BCUT2D eigenvalue weighted by Crippen LogP contribution is 2.38. The summed E-state index contributed by atoms with van der Waals surface area (Å²) in [7, 11) is 1.93. The SMILES string of the molecule is CNCc1ccnc(C2Cc3ccccc32)n1. The lowest BCUT2D eigenvalue weighted by Gasteiger charge is -2.28. The highest BCUT2D eigenvalue weighted by Gasteiger charge is 2.29. The summed E-state index contributed by atoms with van der Waals surface area (Å²) in [6, 6.07) is 10.5. The summed E-state index contributed by atoms with van der Waals surface area (Å²) < 4.78 is 0.